The zero-order valence-electron chi connectivity index (χ0n) is 11.9. The molecular weight excluding hydrogens is 242 g/mol. The Labute approximate surface area is 114 Å². The number of carbonyl (C=O) groups is 1. The van der Waals surface area contributed by atoms with E-state index in [-0.39, 0.29) is 5.91 Å². The molecule has 0 aromatic carbocycles. The number of nitrogens with zero attached hydrogens (tertiary/aromatic N) is 2. The maximum atomic E-state index is 12.2. The molecular formula is C14H23N3O2. The third-order valence-electron chi connectivity index (χ3n) is 3.78. The first-order chi connectivity index (χ1) is 8.95. The van der Waals surface area contributed by atoms with Crippen LogP contribution in [0.5, 0.6) is 0 Å². The van der Waals surface area contributed by atoms with Crippen molar-refractivity contribution in [2.45, 2.75) is 58.1 Å². The van der Waals surface area contributed by atoms with Gasteiger partial charge in [0.2, 0.25) is 0 Å². The lowest BCUT2D eigenvalue weighted by atomic mass is 9.80. The van der Waals surface area contributed by atoms with Gasteiger partial charge in [-0.25, -0.2) is 0 Å². The van der Waals surface area contributed by atoms with Gasteiger partial charge in [0.1, 0.15) is 5.69 Å². The molecule has 0 radical (unpaired) electrons. The van der Waals surface area contributed by atoms with E-state index >= 15 is 0 Å². The summed E-state index contributed by atoms with van der Waals surface area (Å²) in [7, 11) is 0. The number of hydrogen-bond acceptors (Lipinski definition) is 3. The van der Waals surface area contributed by atoms with E-state index in [0.29, 0.717) is 24.7 Å². The largest absolute Gasteiger partial charge is 0.388 e. The smallest absolute Gasteiger partial charge is 0.269 e. The lowest BCUT2D eigenvalue weighted by Gasteiger charge is -2.36. The number of hydrogen-bond donors (Lipinski definition) is 2. The molecule has 1 amide bonds. The predicted octanol–water partition coefficient (Wildman–Crippen LogP) is 1.67. The van der Waals surface area contributed by atoms with Crippen molar-refractivity contribution in [2.75, 3.05) is 6.54 Å². The van der Waals surface area contributed by atoms with Crippen LogP contribution < -0.4 is 5.32 Å². The Morgan fingerprint density at radius 1 is 1.58 bits per heavy atom. The van der Waals surface area contributed by atoms with Gasteiger partial charge in [0.15, 0.2) is 0 Å². The average molecular weight is 265 g/mol. The highest BCUT2D eigenvalue weighted by molar-refractivity contribution is 5.92. The molecule has 1 aliphatic rings. The number of aliphatic hydroxyl groups is 1. The van der Waals surface area contributed by atoms with Crippen molar-refractivity contribution in [1.82, 2.24) is 15.1 Å². The van der Waals surface area contributed by atoms with Gasteiger partial charge in [0.05, 0.1) is 11.3 Å². The molecule has 0 unspecified atom stereocenters. The van der Waals surface area contributed by atoms with E-state index in [0.717, 1.165) is 25.0 Å². The molecule has 0 aliphatic heterocycles. The molecule has 2 N–H and O–H groups in total. The summed E-state index contributed by atoms with van der Waals surface area (Å²) in [5.41, 5.74) is 0.816. The lowest BCUT2D eigenvalue weighted by molar-refractivity contribution is -0.0301. The first-order valence-electron chi connectivity index (χ1n) is 7.03. The highest BCUT2D eigenvalue weighted by Crippen LogP contribution is 2.30. The minimum absolute atomic E-state index is 0.151. The fourth-order valence-electron chi connectivity index (χ4n) is 2.24. The Morgan fingerprint density at radius 2 is 2.26 bits per heavy atom. The Morgan fingerprint density at radius 3 is 2.74 bits per heavy atom. The topological polar surface area (TPSA) is 67.2 Å². The Balaban J connectivity index is 2.05. The Bertz CT molecular complexity index is 461. The molecule has 0 atom stereocenters. The fourth-order valence-corrected chi connectivity index (χ4v) is 2.24. The quantitative estimate of drug-likeness (QED) is 0.851. The third kappa shape index (κ3) is 2.97. The second-order valence-corrected chi connectivity index (χ2v) is 5.69. The van der Waals surface area contributed by atoms with Gasteiger partial charge in [0, 0.05) is 13.1 Å². The zero-order chi connectivity index (χ0) is 14.0. The molecule has 1 aromatic rings. The van der Waals surface area contributed by atoms with Gasteiger partial charge in [0.25, 0.3) is 5.91 Å². The van der Waals surface area contributed by atoms with Gasteiger partial charge in [-0.15, -0.1) is 0 Å². The number of carbonyl (C=O) groups excluding carboxylic acids is 1. The SMILES string of the molecule is CCn1nc(C(C)C)cc1C(=O)NCC1(O)CCC1. The second kappa shape index (κ2) is 5.33. The molecule has 106 valence electrons. The van der Waals surface area contributed by atoms with Crippen molar-refractivity contribution in [2.24, 2.45) is 0 Å². The molecule has 1 aromatic heterocycles. The number of aryl methyl sites for hydroxylation is 1. The van der Waals surface area contributed by atoms with Crippen LogP contribution in [-0.4, -0.2) is 32.9 Å². The van der Waals surface area contributed by atoms with Crippen molar-refractivity contribution >= 4 is 5.91 Å². The third-order valence-corrected chi connectivity index (χ3v) is 3.78. The second-order valence-electron chi connectivity index (χ2n) is 5.69. The highest BCUT2D eigenvalue weighted by Gasteiger charge is 2.34. The van der Waals surface area contributed by atoms with Crippen molar-refractivity contribution in [3.63, 3.8) is 0 Å². The monoisotopic (exact) mass is 265 g/mol. The van der Waals surface area contributed by atoms with E-state index in [1.807, 2.05) is 13.0 Å². The molecule has 1 fully saturated rings. The van der Waals surface area contributed by atoms with Gasteiger partial charge in [-0.3, -0.25) is 9.48 Å². The minimum atomic E-state index is -0.687. The number of aromatic nitrogens is 2. The van der Waals surface area contributed by atoms with Crippen LogP contribution in [0.2, 0.25) is 0 Å². The van der Waals surface area contributed by atoms with Crippen LogP contribution in [0.1, 0.15) is 62.1 Å². The van der Waals surface area contributed by atoms with Crippen LogP contribution >= 0.6 is 0 Å². The first-order valence-corrected chi connectivity index (χ1v) is 7.03. The molecule has 0 saturated heterocycles. The molecule has 1 heterocycles. The highest BCUT2D eigenvalue weighted by atomic mass is 16.3. The van der Waals surface area contributed by atoms with Crippen molar-refractivity contribution in [3.05, 3.63) is 17.5 Å². The van der Waals surface area contributed by atoms with Crippen LogP contribution in [-0.2, 0) is 6.54 Å². The molecule has 1 saturated carbocycles. The minimum Gasteiger partial charge on any atom is -0.388 e. The molecule has 19 heavy (non-hydrogen) atoms. The van der Waals surface area contributed by atoms with Gasteiger partial charge >= 0.3 is 0 Å². The van der Waals surface area contributed by atoms with Gasteiger partial charge in [-0.1, -0.05) is 13.8 Å². The summed E-state index contributed by atoms with van der Waals surface area (Å²) >= 11 is 0. The summed E-state index contributed by atoms with van der Waals surface area (Å²) in [5.74, 6) is 0.150. The molecule has 1 aliphatic carbocycles. The van der Waals surface area contributed by atoms with Gasteiger partial charge in [-0.2, -0.15) is 5.10 Å². The van der Waals surface area contributed by atoms with E-state index < -0.39 is 5.60 Å². The van der Waals surface area contributed by atoms with Crippen LogP contribution in [0, 0.1) is 0 Å². The first kappa shape index (κ1) is 14.1. The van der Waals surface area contributed by atoms with Crippen LogP contribution in [0.4, 0.5) is 0 Å². The fraction of sp³-hybridized carbons (Fsp3) is 0.714. The summed E-state index contributed by atoms with van der Waals surface area (Å²) in [4.78, 5) is 12.2. The van der Waals surface area contributed by atoms with E-state index in [2.05, 4.69) is 24.3 Å². The van der Waals surface area contributed by atoms with Crippen molar-refractivity contribution in [1.29, 1.82) is 0 Å². The zero-order valence-corrected chi connectivity index (χ0v) is 11.9. The average Bonchev–Trinajstić information content (AvgIpc) is 2.77. The van der Waals surface area contributed by atoms with Crippen molar-refractivity contribution in [3.8, 4) is 0 Å². The molecule has 5 nitrogen and oxygen atoms in total. The molecule has 2 rings (SSSR count). The summed E-state index contributed by atoms with van der Waals surface area (Å²) in [6.45, 7) is 7.08. The normalized spacial score (nSPS) is 17.3. The molecule has 5 heteroatoms. The number of rotatable bonds is 5. The standard InChI is InChI=1S/C14H23N3O2/c1-4-17-12(8-11(16-17)10(2)3)13(18)15-9-14(19)6-5-7-14/h8,10,19H,4-7,9H2,1-3H3,(H,15,18). The molecule has 0 spiro atoms. The predicted molar refractivity (Wildman–Crippen MR) is 73.1 cm³/mol. The summed E-state index contributed by atoms with van der Waals surface area (Å²) < 4.78 is 1.72. The van der Waals surface area contributed by atoms with Crippen LogP contribution in [0.15, 0.2) is 6.07 Å². The summed E-state index contributed by atoms with van der Waals surface area (Å²) in [6.07, 6.45) is 2.59. The van der Waals surface area contributed by atoms with E-state index in [1.54, 1.807) is 4.68 Å². The maximum Gasteiger partial charge on any atom is 0.269 e. The van der Waals surface area contributed by atoms with E-state index in [9.17, 15) is 9.90 Å². The van der Waals surface area contributed by atoms with E-state index in [1.165, 1.54) is 0 Å². The van der Waals surface area contributed by atoms with Crippen molar-refractivity contribution < 1.29 is 9.90 Å². The van der Waals surface area contributed by atoms with Crippen LogP contribution in [0.3, 0.4) is 0 Å². The molecule has 0 bridgehead atoms. The van der Waals surface area contributed by atoms with Gasteiger partial charge < -0.3 is 10.4 Å². The number of amides is 1. The summed E-state index contributed by atoms with van der Waals surface area (Å²) in [5, 5.41) is 17.2. The number of nitrogens with one attached hydrogen (secondary N) is 1. The lowest BCUT2D eigenvalue weighted by Crippen LogP contribution is -2.48. The van der Waals surface area contributed by atoms with E-state index in [4.69, 9.17) is 0 Å². The summed E-state index contributed by atoms with van der Waals surface area (Å²) in [6, 6.07) is 1.84. The van der Waals surface area contributed by atoms with Gasteiger partial charge in [-0.05, 0) is 38.2 Å². The van der Waals surface area contributed by atoms with Crippen LogP contribution in [0.25, 0.3) is 0 Å². The Kier molecular flexibility index (Phi) is 3.94. The maximum absolute atomic E-state index is 12.2. The Hall–Kier alpha value is -1.36.